The van der Waals surface area contributed by atoms with E-state index in [1.54, 1.807) is 24.3 Å². The van der Waals surface area contributed by atoms with E-state index < -0.39 is 29.7 Å². The van der Waals surface area contributed by atoms with Gasteiger partial charge in [0.2, 0.25) is 10.0 Å². The van der Waals surface area contributed by atoms with Gasteiger partial charge in [-0.15, -0.1) is 0 Å². The van der Waals surface area contributed by atoms with Crippen LogP contribution in [0.1, 0.15) is 11.3 Å². The van der Waals surface area contributed by atoms with E-state index in [2.05, 4.69) is 5.10 Å². The Bertz CT molecular complexity index is 1200. The summed E-state index contributed by atoms with van der Waals surface area (Å²) in [6.07, 6.45) is -4.61. The molecular weight excluding hydrogens is 462 g/mol. The summed E-state index contributed by atoms with van der Waals surface area (Å²) in [6, 6.07) is 13.1. The number of halogens is 3. The lowest BCUT2D eigenvalue weighted by molar-refractivity contribution is -0.141. The normalized spacial score (nSPS) is 12.3. The van der Waals surface area contributed by atoms with Crippen molar-refractivity contribution in [1.29, 1.82) is 0 Å². The molecule has 0 aliphatic carbocycles. The summed E-state index contributed by atoms with van der Waals surface area (Å²) in [4.78, 5) is 21.4. The molecule has 5 N–H and O–H groups in total. The molecule has 3 aromatic rings. The van der Waals surface area contributed by atoms with Gasteiger partial charge in [-0.3, -0.25) is 0 Å². The van der Waals surface area contributed by atoms with Crippen molar-refractivity contribution >= 4 is 17.8 Å². The van der Waals surface area contributed by atoms with Crippen molar-refractivity contribution in [3.8, 4) is 16.9 Å². The lowest BCUT2D eigenvalue weighted by atomic mass is 10.1. The number of aromatic nitrogens is 2. The van der Waals surface area contributed by atoms with Crippen LogP contribution in [-0.4, -0.2) is 32.9 Å². The number of nitrogens with zero attached hydrogens (tertiary/aromatic N) is 2. The molecule has 0 atom stereocenters. The average molecular weight is 479 g/mol. The third kappa shape index (κ3) is 7.28. The monoisotopic (exact) mass is 479 g/mol. The molecule has 0 spiro atoms. The summed E-state index contributed by atoms with van der Waals surface area (Å²) in [5.74, 6) is 0. The average Bonchev–Trinajstić information content (AvgIpc) is 3.06. The number of sulfonamides is 1. The third-order valence-corrected chi connectivity index (χ3v) is 4.69. The van der Waals surface area contributed by atoms with Crippen molar-refractivity contribution in [3.63, 3.8) is 0 Å². The maximum absolute atomic E-state index is 13.1. The molecule has 0 radical (unpaired) electrons. The van der Waals surface area contributed by atoms with E-state index in [1.807, 2.05) is 6.92 Å². The second-order valence-electron chi connectivity index (χ2n) is 6.24. The highest BCUT2D eigenvalue weighted by Gasteiger charge is 2.35. The molecular formula is C17H17F3N3O6PS. The van der Waals surface area contributed by atoms with E-state index in [0.717, 1.165) is 16.3 Å². The van der Waals surface area contributed by atoms with Crippen molar-refractivity contribution in [2.75, 3.05) is 0 Å². The molecule has 0 saturated carbocycles. The van der Waals surface area contributed by atoms with Crippen LogP contribution in [0.25, 0.3) is 16.9 Å². The Balaban J connectivity index is 0.000000614. The van der Waals surface area contributed by atoms with Gasteiger partial charge < -0.3 is 14.7 Å². The molecule has 14 heteroatoms. The topological polar surface area (TPSA) is 156 Å². The quantitative estimate of drug-likeness (QED) is 0.421. The van der Waals surface area contributed by atoms with Gasteiger partial charge in [-0.2, -0.15) is 18.3 Å². The summed E-state index contributed by atoms with van der Waals surface area (Å²) >= 11 is 0. The highest BCUT2D eigenvalue weighted by Crippen LogP contribution is 2.33. The Morgan fingerprint density at radius 1 is 1.00 bits per heavy atom. The van der Waals surface area contributed by atoms with Crippen LogP contribution in [-0.2, 0) is 20.8 Å². The fraction of sp³-hybridized carbons (Fsp3) is 0.118. The zero-order chi connectivity index (χ0) is 23.6. The molecule has 0 aliphatic heterocycles. The van der Waals surface area contributed by atoms with Gasteiger partial charge in [0, 0.05) is 5.56 Å². The Hall–Kier alpha value is -2.54. The van der Waals surface area contributed by atoms with Gasteiger partial charge in [-0.1, -0.05) is 29.8 Å². The minimum absolute atomic E-state index is 0.138. The smallest absolute Gasteiger partial charge is 0.303 e. The van der Waals surface area contributed by atoms with Crippen molar-refractivity contribution in [2.24, 2.45) is 5.14 Å². The van der Waals surface area contributed by atoms with E-state index in [1.165, 1.54) is 24.3 Å². The van der Waals surface area contributed by atoms with E-state index in [-0.39, 0.29) is 16.3 Å². The zero-order valence-corrected chi connectivity index (χ0v) is 17.4. The maximum atomic E-state index is 13.1. The third-order valence-electron chi connectivity index (χ3n) is 3.76. The number of primary sulfonamides is 1. The second kappa shape index (κ2) is 8.91. The molecule has 1 aromatic heterocycles. The molecule has 2 aromatic carbocycles. The first-order chi connectivity index (χ1) is 14.1. The Morgan fingerprint density at radius 3 is 1.90 bits per heavy atom. The summed E-state index contributed by atoms with van der Waals surface area (Å²) in [6.45, 7) is 1.87. The number of phosphoric acid groups is 1. The van der Waals surface area contributed by atoms with E-state index in [9.17, 15) is 21.6 Å². The van der Waals surface area contributed by atoms with Crippen LogP contribution in [0.5, 0.6) is 0 Å². The summed E-state index contributed by atoms with van der Waals surface area (Å²) < 4.78 is 72.1. The van der Waals surface area contributed by atoms with Gasteiger partial charge in [0.25, 0.3) is 0 Å². The summed E-state index contributed by atoms with van der Waals surface area (Å²) in [5.41, 5.74) is 0.996. The van der Waals surface area contributed by atoms with E-state index in [0.29, 0.717) is 5.56 Å². The summed E-state index contributed by atoms with van der Waals surface area (Å²) in [5, 5.41) is 8.70. The Kier molecular flexibility index (Phi) is 7.10. The molecule has 0 unspecified atom stereocenters. The van der Waals surface area contributed by atoms with Crippen molar-refractivity contribution in [3.05, 3.63) is 65.9 Å². The predicted octanol–water partition coefficient (Wildman–Crippen LogP) is 2.59. The zero-order valence-electron chi connectivity index (χ0n) is 15.7. The predicted molar refractivity (Wildman–Crippen MR) is 104 cm³/mol. The molecule has 168 valence electrons. The highest BCUT2D eigenvalue weighted by atomic mass is 32.2. The van der Waals surface area contributed by atoms with Crippen LogP contribution < -0.4 is 5.14 Å². The van der Waals surface area contributed by atoms with E-state index >= 15 is 0 Å². The Morgan fingerprint density at radius 2 is 1.48 bits per heavy atom. The van der Waals surface area contributed by atoms with Crippen molar-refractivity contribution < 1.29 is 40.8 Å². The van der Waals surface area contributed by atoms with Crippen molar-refractivity contribution in [1.82, 2.24) is 9.78 Å². The van der Waals surface area contributed by atoms with Gasteiger partial charge in [0.1, 0.15) is 0 Å². The van der Waals surface area contributed by atoms with Gasteiger partial charge in [-0.05, 0) is 37.3 Å². The number of hydrogen-bond donors (Lipinski definition) is 4. The number of aryl methyl sites for hydroxylation is 1. The maximum Gasteiger partial charge on any atom is 0.466 e. The van der Waals surface area contributed by atoms with E-state index in [4.69, 9.17) is 24.4 Å². The number of hydrogen-bond acceptors (Lipinski definition) is 4. The fourth-order valence-corrected chi connectivity index (χ4v) is 2.94. The van der Waals surface area contributed by atoms with Crippen LogP contribution >= 0.6 is 7.82 Å². The lowest BCUT2D eigenvalue weighted by Gasteiger charge is -2.09. The SMILES string of the molecule is Cc1ccc(-c2cc(C(F)(F)F)nn2-c2ccc(S(N)(=O)=O)cc2)cc1.O=P(O)(O)O. The molecule has 0 fully saturated rings. The molecule has 9 nitrogen and oxygen atoms in total. The highest BCUT2D eigenvalue weighted by molar-refractivity contribution is 7.89. The molecule has 0 bridgehead atoms. The first-order valence-electron chi connectivity index (χ1n) is 8.21. The first-order valence-corrected chi connectivity index (χ1v) is 11.3. The molecule has 31 heavy (non-hydrogen) atoms. The molecule has 0 amide bonds. The lowest BCUT2D eigenvalue weighted by Crippen LogP contribution is -2.12. The summed E-state index contributed by atoms with van der Waals surface area (Å²) in [7, 11) is -8.54. The van der Waals surface area contributed by atoms with Gasteiger partial charge in [-0.25, -0.2) is 22.8 Å². The van der Waals surface area contributed by atoms with Crippen molar-refractivity contribution in [2.45, 2.75) is 18.0 Å². The standard InChI is InChI=1S/C17H14F3N3O2S.H3O4P/c1-11-2-4-12(5-3-11)15-10-16(17(18,19)20)22-23(15)13-6-8-14(9-7-13)26(21,24)25;1-5(2,3)4/h2-10H,1H3,(H2,21,24,25);(H3,1,2,3,4). The number of rotatable bonds is 3. The largest absolute Gasteiger partial charge is 0.466 e. The van der Waals surface area contributed by atoms with Gasteiger partial charge in [0.15, 0.2) is 5.69 Å². The Labute approximate surface area is 174 Å². The minimum atomic E-state index is -4.64. The number of benzene rings is 2. The van der Waals surface area contributed by atoms with Gasteiger partial charge in [0.05, 0.1) is 16.3 Å². The molecule has 0 aliphatic rings. The van der Waals surface area contributed by atoms with Crippen LogP contribution in [0.2, 0.25) is 0 Å². The van der Waals surface area contributed by atoms with Crippen LogP contribution in [0.15, 0.2) is 59.5 Å². The minimum Gasteiger partial charge on any atom is -0.303 e. The first kappa shape index (κ1) is 24.7. The molecule has 3 rings (SSSR count). The second-order valence-corrected chi connectivity index (χ2v) is 8.83. The van der Waals surface area contributed by atoms with Crippen LogP contribution in [0, 0.1) is 6.92 Å². The number of nitrogens with two attached hydrogens (primary N) is 1. The molecule has 0 saturated heterocycles. The van der Waals surface area contributed by atoms with Crippen LogP contribution in [0.4, 0.5) is 13.2 Å². The fourth-order valence-electron chi connectivity index (χ4n) is 2.42. The number of alkyl halides is 3. The van der Waals surface area contributed by atoms with Gasteiger partial charge >= 0.3 is 14.0 Å². The van der Waals surface area contributed by atoms with Crippen LogP contribution in [0.3, 0.4) is 0 Å². The molecule has 1 heterocycles.